The maximum Gasteiger partial charge on any atom is 0.490 e. The summed E-state index contributed by atoms with van der Waals surface area (Å²) in [5.74, 6) is -5.51. The number of aliphatic carboxylic acids is 2. The second kappa shape index (κ2) is 14.0. The van der Waals surface area contributed by atoms with Gasteiger partial charge >= 0.3 is 24.3 Å². The van der Waals surface area contributed by atoms with Crippen LogP contribution in [0.2, 0.25) is 0 Å². The van der Waals surface area contributed by atoms with Gasteiger partial charge in [-0.3, -0.25) is 9.88 Å². The van der Waals surface area contributed by atoms with Gasteiger partial charge in [-0.05, 0) is 36.2 Å². The lowest BCUT2D eigenvalue weighted by atomic mass is 10.0. The van der Waals surface area contributed by atoms with Crippen molar-refractivity contribution in [3.63, 3.8) is 0 Å². The van der Waals surface area contributed by atoms with Crippen LogP contribution >= 0.6 is 0 Å². The van der Waals surface area contributed by atoms with Crippen LogP contribution in [0, 0.1) is 11.3 Å². The molecule has 4 rings (SSSR count). The molecule has 0 bridgehead atoms. The number of alkyl halides is 6. The topological polar surface area (TPSA) is 140 Å². The quantitative estimate of drug-likeness (QED) is 0.443. The Balaban J connectivity index is 0.000000333. The molecule has 0 fully saturated rings. The Kier molecular flexibility index (Phi) is 11.1. The van der Waals surface area contributed by atoms with E-state index in [2.05, 4.69) is 32.0 Å². The van der Waals surface area contributed by atoms with Gasteiger partial charge in [0.05, 0.1) is 17.3 Å². The third-order valence-corrected chi connectivity index (χ3v) is 5.28. The zero-order valence-electron chi connectivity index (χ0n) is 20.4. The van der Waals surface area contributed by atoms with E-state index in [1.165, 1.54) is 11.1 Å². The lowest BCUT2D eigenvalue weighted by Gasteiger charge is -2.19. The van der Waals surface area contributed by atoms with Gasteiger partial charge in [0.15, 0.2) is 0 Å². The summed E-state index contributed by atoms with van der Waals surface area (Å²) in [6.07, 6.45) is -3.07. The summed E-state index contributed by atoms with van der Waals surface area (Å²) in [5.41, 5.74) is 6.38. The summed E-state index contributed by atoms with van der Waals surface area (Å²) in [7, 11) is 0. The van der Waals surface area contributed by atoms with Crippen molar-refractivity contribution in [1.82, 2.24) is 19.9 Å². The molecule has 1 aliphatic heterocycles. The number of halogens is 6. The molecule has 0 saturated carbocycles. The molecule has 212 valence electrons. The molecule has 0 atom stereocenters. The van der Waals surface area contributed by atoms with Gasteiger partial charge in [-0.2, -0.15) is 31.6 Å². The minimum absolute atomic E-state index is 0.714. The molecular formula is C25H21F6N5O4. The minimum Gasteiger partial charge on any atom is -0.475 e. The number of pyridine rings is 1. The van der Waals surface area contributed by atoms with Gasteiger partial charge in [0.2, 0.25) is 0 Å². The first-order valence-corrected chi connectivity index (χ1v) is 11.3. The third-order valence-electron chi connectivity index (χ3n) is 5.28. The highest BCUT2D eigenvalue weighted by Crippen LogP contribution is 2.25. The third kappa shape index (κ3) is 9.95. The van der Waals surface area contributed by atoms with E-state index < -0.39 is 24.3 Å². The number of carbonyl (C=O) groups is 2. The van der Waals surface area contributed by atoms with E-state index in [1.807, 2.05) is 30.3 Å². The second-order valence-electron chi connectivity index (χ2n) is 8.08. The van der Waals surface area contributed by atoms with Gasteiger partial charge in [-0.15, -0.1) is 0 Å². The molecule has 0 amide bonds. The molecule has 15 heteroatoms. The molecule has 3 heterocycles. The highest BCUT2D eigenvalue weighted by atomic mass is 19.4. The molecule has 2 N–H and O–H groups in total. The molecule has 40 heavy (non-hydrogen) atoms. The molecule has 0 spiro atoms. The van der Waals surface area contributed by atoms with E-state index in [9.17, 15) is 26.3 Å². The normalized spacial score (nSPS) is 13.2. The molecule has 0 aliphatic carbocycles. The predicted molar refractivity (Wildman–Crippen MR) is 126 cm³/mol. The van der Waals surface area contributed by atoms with Crippen LogP contribution in [0.25, 0.3) is 11.3 Å². The van der Waals surface area contributed by atoms with Crippen molar-refractivity contribution < 1.29 is 46.1 Å². The van der Waals surface area contributed by atoms with Crippen LogP contribution in [0.15, 0.2) is 55.1 Å². The monoisotopic (exact) mass is 569 g/mol. The summed E-state index contributed by atoms with van der Waals surface area (Å²) in [4.78, 5) is 33.4. The van der Waals surface area contributed by atoms with E-state index in [4.69, 9.17) is 25.1 Å². The standard InChI is InChI=1S/C21H19N5.2C2HF3O2/c22-13-16-2-1-3-17(12-16)14-26-10-6-19-20(7-11-26)24-15-25-21(19)18-4-8-23-9-5-18;2*3-2(4,5)1(6)7/h1-5,8-9,12,15H,6-7,10-11,14H2;2*(H,6,7). The Morgan fingerprint density at radius 2 is 1.50 bits per heavy atom. The highest BCUT2D eigenvalue weighted by molar-refractivity contribution is 5.73. The van der Waals surface area contributed by atoms with Gasteiger partial charge in [-0.25, -0.2) is 19.6 Å². The molecule has 3 aromatic rings. The summed E-state index contributed by atoms with van der Waals surface area (Å²) in [5, 5.41) is 23.3. The molecule has 1 aromatic carbocycles. The SMILES string of the molecule is N#Cc1cccc(CN2CCc3ncnc(-c4ccncc4)c3CC2)c1.O=C(O)C(F)(F)F.O=C(O)C(F)(F)F. The smallest absolute Gasteiger partial charge is 0.475 e. The molecule has 0 radical (unpaired) electrons. The van der Waals surface area contributed by atoms with Crippen LogP contribution in [0.5, 0.6) is 0 Å². The fourth-order valence-electron chi connectivity index (χ4n) is 3.49. The zero-order valence-corrected chi connectivity index (χ0v) is 20.4. The first-order valence-electron chi connectivity index (χ1n) is 11.3. The van der Waals surface area contributed by atoms with Crippen molar-refractivity contribution >= 4 is 11.9 Å². The number of rotatable bonds is 3. The Labute approximate surface area is 223 Å². The minimum atomic E-state index is -5.08. The summed E-state index contributed by atoms with van der Waals surface area (Å²) < 4.78 is 63.5. The number of carboxylic acid groups (broad SMARTS) is 2. The van der Waals surface area contributed by atoms with Crippen molar-refractivity contribution in [1.29, 1.82) is 5.26 Å². The van der Waals surface area contributed by atoms with E-state index >= 15 is 0 Å². The average molecular weight is 569 g/mol. The number of hydrogen-bond acceptors (Lipinski definition) is 7. The summed E-state index contributed by atoms with van der Waals surface area (Å²) in [6.45, 7) is 2.76. The van der Waals surface area contributed by atoms with Crippen LogP contribution < -0.4 is 0 Å². The molecule has 0 unspecified atom stereocenters. The Morgan fingerprint density at radius 1 is 0.925 bits per heavy atom. The molecular weight excluding hydrogens is 548 g/mol. The van der Waals surface area contributed by atoms with Crippen LogP contribution in [-0.2, 0) is 29.0 Å². The van der Waals surface area contributed by atoms with Crippen molar-refractivity contribution in [2.24, 2.45) is 0 Å². The van der Waals surface area contributed by atoms with Gasteiger partial charge in [0.25, 0.3) is 0 Å². The number of nitriles is 1. The second-order valence-corrected chi connectivity index (χ2v) is 8.08. The fraction of sp³-hybridized carbons (Fsp3) is 0.280. The molecule has 0 saturated heterocycles. The van der Waals surface area contributed by atoms with Gasteiger partial charge in [0.1, 0.15) is 6.33 Å². The van der Waals surface area contributed by atoms with Crippen molar-refractivity contribution in [2.45, 2.75) is 31.7 Å². The Hall–Kier alpha value is -4.58. The lowest BCUT2D eigenvalue weighted by molar-refractivity contribution is -0.193. The van der Waals surface area contributed by atoms with E-state index in [1.54, 1.807) is 18.7 Å². The van der Waals surface area contributed by atoms with Crippen LogP contribution in [0.1, 0.15) is 22.4 Å². The van der Waals surface area contributed by atoms with Gasteiger partial charge in [-0.1, -0.05) is 12.1 Å². The number of fused-ring (bicyclic) bond motifs is 1. The lowest BCUT2D eigenvalue weighted by Crippen LogP contribution is -2.26. The number of benzene rings is 1. The average Bonchev–Trinajstić information content (AvgIpc) is 3.11. The van der Waals surface area contributed by atoms with E-state index in [0.29, 0.717) is 5.56 Å². The Morgan fingerprint density at radius 3 is 2.05 bits per heavy atom. The van der Waals surface area contributed by atoms with Crippen LogP contribution in [-0.4, -0.2) is 67.4 Å². The van der Waals surface area contributed by atoms with Crippen LogP contribution in [0.3, 0.4) is 0 Å². The first kappa shape index (κ1) is 31.6. The maximum atomic E-state index is 10.6. The maximum absolute atomic E-state index is 10.6. The van der Waals surface area contributed by atoms with E-state index in [-0.39, 0.29) is 0 Å². The van der Waals surface area contributed by atoms with Gasteiger partial charge in [0, 0.05) is 55.3 Å². The molecule has 1 aliphatic rings. The first-order chi connectivity index (χ1) is 18.7. The molecule has 9 nitrogen and oxygen atoms in total. The number of carboxylic acids is 2. The molecule has 2 aromatic heterocycles. The van der Waals surface area contributed by atoms with Gasteiger partial charge < -0.3 is 10.2 Å². The number of nitrogens with zero attached hydrogens (tertiary/aromatic N) is 5. The van der Waals surface area contributed by atoms with E-state index in [0.717, 1.165) is 49.4 Å². The van der Waals surface area contributed by atoms with Crippen molar-refractivity contribution in [3.8, 4) is 17.3 Å². The number of hydrogen-bond donors (Lipinski definition) is 2. The fourth-order valence-corrected chi connectivity index (χ4v) is 3.49. The van der Waals surface area contributed by atoms with Crippen molar-refractivity contribution in [2.75, 3.05) is 13.1 Å². The Bertz CT molecular complexity index is 1320. The zero-order chi connectivity index (χ0) is 29.9. The predicted octanol–water partition coefficient (Wildman–Crippen LogP) is 4.28. The largest absolute Gasteiger partial charge is 0.490 e. The van der Waals surface area contributed by atoms with Crippen LogP contribution in [0.4, 0.5) is 26.3 Å². The summed E-state index contributed by atoms with van der Waals surface area (Å²) in [6, 6.07) is 14.1. The number of aromatic nitrogens is 3. The van der Waals surface area contributed by atoms with Crippen molar-refractivity contribution in [3.05, 3.63) is 77.5 Å². The highest BCUT2D eigenvalue weighted by Gasteiger charge is 2.38. The summed E-state index contributed by atoms with van der Waals surface area (Å²) >= 11 is 0.